The minimum absolute atomic E-state index is 0. The van der Waals surface area contributed by atoms with Gasteiger partial charge in [-0.2, -0.15) is 10.2 Å². The van der Waals surface area contributed by atoms with Gasteiger partial charge in [0.05, 0.1) is 49.4 Å². The van der Waals surface area contributed by atoms with E-state index in [9.17, 15) is 39.0 Å². The predicted molar refractivity (Wildman–Crippen MR) is 98.9 cm³/mol. The van der Waals surface area contributed by atoms with Gasteiger partial charge in [-0.3, -0.25) is 9.59 Å². The van der Waals surface area contributed by atoms with E-state index in [0.29, 0.717) is 0 Å². The van der Waals surface area contributed by atoms with E-state index in [0.717, 1.165) is 0 Å². The Kier molecular flexibility index (Phi) is 20.9. The predicted octanol–water partition coefficient (Wildman–Crippen LogP) is -2.60. The third kappa shape index (κ3) is 21.4. The van der Waals surface area contributed by atoms with Gasteiger partial charge in [0, 0.05) is 12.8 Å². The molecule has 0 aliphatic heterocycles. The molecule has 0 radical (unpaired) electrons. The van der Waals surface area contributed by atoms with Gasteiger partial charge in [-0.05, 0) is 13.8 Å². The molecule has 16 nitrogen and oxygen atoms in total. The summed E-state index contributed by atoms with van der Waals surface area (Å²) in [6.07, 6.45) is -3.36. The summed E-state index contributed by atoms with van der Waals surface area (Å²) in [6, 6.07) is 0. The van der Waals surface area contributed by atoms with Gasteiger partial charge in [-0.1, -0.05) is 0 Å². The van der Waals surface area contributed by atoms with Crippen molar-refractivity contribution in [2.45, 2.75) is 39.5 Å². The first kappa shape index (κ1) is 34.0. The maximum Gasteiger partial charge on any atom is 2.00 e. The van der Waals surface area contributed by atoms with E-state index >= 15 is 0 Å². The number of carbonyl (C=O) groups excluding carboxylic acids is 4. The maximum atomic E-state index is 10.7. The van der Waals surface area contributed by atoms with Crippen LogP contribution in [0.15, 0.2) is 10.2 Å². The summed E-state index contributed by atoms with van der Waals surface area (Å²) in [5.41, 5.74) is 2.48. The van der Waals surface area contributed by atoms with Gasteiger partial charge < -0.3 is 39.5 Å². The molecule has 0 unspecified atom stereocenters. The van der Waals surface area contributed by atoms with E-state index in [1.54, 1.807) is 24.7 Å². The van der Waals surface area contributed by atoms with Gasteiger partial charge in [0.2, 0.25) is 0 Å². The van der Waals surface area contributed by atoms with Crippen LogP contribution in [0.3, 0.4) is 0 Å². The van der Waals surface area contributed by atoms with E-state index in [1.165, 1.54) is 0 Å². The summed E-state index contributed by atoms with van der Waals surface area (Å²) < 4.78 is 8.82. The first-order valence-corrected chi connectivity index (χ1v) is 8.79. The largest absolute Gasteiger partial charge is 2.00 e. The Balaban J connectivity index is -0.000000529. The summed E-state index contributed by atoms with van der Waals surface area (Å²) in [4.78, 5) is 62.8. The molecule has 0 spiro atoms. The third-order valence-electron chi connectivity index (χ3n) is 2.74. The van der Waals surface area contributed by atoms with Crippen molar-refractivity contribution < 1.29 is 78.1 Å². The van der Waals surface area contributed by atoms with Gasteiger partial charge in [-0.15, -0.1) is 0 Å². The molecule has 0 atom stereocenters. The molecule has 0 aliphatic carbocycles. The molecule has 0 heterocycles. The van der Waals surface area contributed by atoms with Crippen LogP contribution in [-0.2, 0) is 48.1 Å². The molecule has 0 aromatic carbocycles. The standard InChI is InChI=1S/2C8H12N2O6.Zn/c2*1-2-16-8(15)10-9-5(7(13)14)3-4-6(11)12;/h2*2-4H2,1H3,(H,10,15)(H,11,12)(H,13,14);/q;;+2/p-2/b2*9-5+;. The molecule has 0 aromatic heterocycles. The van der Waals surface area contributed by atoms with E-state index < -0.39 is 60.3 Å². The summed E-state index contributed by atoms with van der Waals surface area (Å²) in [7, 11) is 0. The Morgan fingerprint density at radius 1 is 0.697 bits per heavy atom. The van der Waals surface area contributed by atoms with Crippen molar-refractivity contribution in [2.24, 2.45) is 10.2 Å². The Labute approximate surface area is 199 Å². The van der Waals surface area contributed by atoms with Crippen LogP contribution in [0.1, 0.15) is 39.5 Å². The average molecular weight is 528 g/mol. The molecule has 0 rings (SSSR count). The van der Waals surface area contributed by atoms with Crippen molar-refractivity contribution in [3.8, 4) is 0 Å². The number of ether oxygens (including phenoxy) is 2. The Hall–Kier alpha value is -3.62. The number of hydrazone groups is 2. The minimum atomic E-state index is -1.64. The molecule has 180 valence electrons. The zero-order valence-corrected chi connectivity index (χ0v) is 20.8. The summed E-state index contributed by atoms with van der Waals surface area (Å²) in [5.74, 6) is -5.63. The number of nitrogens with one attached hydrogen (secondary N) is 2. The van der Waals surface area contributed by atoms with Crippen molar-refractivity contribution in [2.75, 3.05) is 13.2 Å². The number of nitrogens with zero attached hydrogens (tertiary/aromatic N) is 2. The van der Waals surface area contributed by atoms with Crippen LogP contribution < -0.4 is 21.1 Å². The zero-order chi connectivity index (χ0) is 25.1. The van der Waals surface area contributed by atoms with E-state index in [-0.39, 0.29) is 45.5 Å². The molecule has 17 heteroatoms. The number of amides is 2. The van der Waals surface area contributed by atoms with Crippen molar-refractivity contribution in [1.82, 2.24) is 10.9 Å². The average Bonchev–Trinajstić information content (AvgIpc) is 2.67. The van der Waals surface area contributed by atoms with Crippen LogP contribution in [0.5, 0.6) is 0 Å². The van der Waals surface area contributed by atoms with Gasteiger partial charge in [-0.25, -0.2) is 20.4 Å². The first-order valence-electron chi connectivity index (χ1n) is 8.79. The molecular formula is C16H22N4O12Zn. The number of carboxylic acids is 4. The van der Waals surface area contributed by atoms with E-state index in [2.05, 4.69) is 19.7 Å². The minimum Gasteiger partial charge on any atom is -0.543 e. The molecule has 0 bridgehead atoms. The van der Waals surface area contributed by atoms with Crippen LogP contribution in [0.2, 0.25) is 0 Å². The van der Waals surface area contributed by atoms with Gasteiger partial charge in [0.15, 0.2) is 0 Å². The van der Waals surface area contributed by atoms with Crippen molar-refractivity contribution in [3.63, 3.8) is 0 Å². The second-order valence-corrected chi connectivity index (χ2v) is 5.14. The second kappa shape index (κ2) is 20.3. The summed E-state index contributed by atoms with van der Waals surface area (Å²) in [5, 5.41) is 43.9. The molecule has 2 amide bonds. The zero-order valence-electron chi connectivity index (χ0n) is 17.8. The molecule has 33 heavy (non-hydrogen) atoms. The van der Waals surface area contributed by atoms with Crippen LogP contribution in [0.25, 0.3) is 0 Å². The van der Waals surface area contributed by atoms with Crippen molar-refractivity contribution in [3.05, 3.63) is 0 Å². The molecular weight excluding hydrogens is 506 g/mol. The first-order chi connectivity index (χ1) is 14.9. The Bertz CT molecular complexity index is 692. The molecule has 0 aromatic rings. The quantitative estimate of drug-likeness (QED) is 0.116. The van der Waals surface area contributed by atoms with Crippen LogP contribution in [0.4, 0.5) is 9.59 Å². The maximum absolute atomic E-state index is 10.7. The number of aliphatic carboxylic acids is 4. The Morgan fingerprint density at radius 2 is 1.00 bits per heavy atom. The van der Waals surface area contributed by atoms with Crippen LogP contribution in [0, 0.1) is 0 Å². The van der Waals surface area contributed by atoms with Crippen LogP contribution in [-0.4, -0.2) is 70.9 Å². The van der Waals surface area contributed by atoms with Gasteiger partial charge >= 0.3 is 43.6 Å². The normalized spacial score (nSPS) is 10.4. The number of carbonyl (C=O) groups is 6. The van der Waals surface area contributed by atoms with E-state index in [4.69, 9.17) is 10.2 Å². The molecule has 0 saturated carbocycles. The molecule has 0 fully saturated rings. The molecule has 0 aliphatic rings. The smallest absolute Gasteiger partial charge is 0.543 e. The van der Waals surface area contributed by atoms with Gasteiger partial charge in [0.1, 0.15) is 0 Å². The fourth-order valence-corrected chi connectivity index (χ4v) is 1.41. The van der Waals surface area contributed by atoms with Gasteiger partial charge in [0.25, 0.3) is 0 Å². The molecule has 4 N–H and O–H groups in total. The SMILES string of the molecule is CCOC(=O)N/N=C(\CCC(=O)O)C(=O)[O-].CCOC(=O)N/N=C(\CCC(=O)O)C(=O)[O-].[Zn+2]. The number of rotatable bonds is 12. The van der Waals surface area contributed by atoms with Crippen molar-refractivity contribution >= 4 is 47.5 Å². The second-order valence-electron chi connectivity index (χ2n) is 5.14. The Morgan fingerprint density at radius 3 is 1.21 bits per heavy atom. The fourth-order valence-electron chi connectivity index (χ4n) is 1.41. The van der Waals surface area contributed by atoms with Crippen molar-refractivity contribution in [1.29, 1.82) is 0 Å². The number of carboxylic acid groups (broad SMARTS) is 4. The summed E-state index contributed by atoms with van der Waals surface area (Å²) >= 11 is 0. The summed E-state index contributed by atoms with van der Waals surface area (Å²) in [6.45, 7) is 3.34. The third-order valence-corrected chi connectivity index (χ3v) is 2.74. The van der Waals surface area contributed by atoms with E-state index in [1.807, 2.05) is 0 Å². The number of hydrogen-bond acceptors (Lipinski definition) is 12. The monoisotopic (exact) mass is 526 g/mol. The topological polar surface area (TPSA) is 256 Å². The molecule has 0 saturated heterocycles. The number of hydrogen-bond donors (Lipinski definition) is 4. The fraction of sp³-hybridized carbons (Fsp3) is 0.500. The van der Waals surface area contributed by atoms with Crippen LogP contribution >= 0.6 is 0 Å².